The number of benzene rings is 2. The van der Waals surface area contributed by atoms with E-state index in [2.05, 4.69) is 21.2 Å². The Bertz CT molecular complexity index is 908. The normalized spacial score (nSPS) is 15.6. The Morgan fingerprint density at radius 1 is 1.00 bits per heavy atom. The van der Waals surface area contributed by atoms with Crippen LogP contribution in [0.4, 0.5) is 5.69 Å². The molecule has 0 bridgehead atoms. The predicted molar refractivity (Wildman–Crippen MR) is 112 cm³/mol. The van der Waals surface area contributed by atoms with E-state index in [9.17, 15) is 13.2 Å². The second-order valence-electron chi connectivity index (χ2n) is 6.61. The van der Waals surface area contributed by atoms with Crippen molar-refractivity contribution in [2.24, 2.45) is 0 Å². The Hall–Kier alpha value is -1.90. The van der Waals surface area contributed by atoms with Gasteiger partial charge in [-0.05, 0) is 65.2 Å². The topological polar surface area (TPSA) is 75.7 Å². The van der Waals surface area contributed by atoms with Crippen LogP contribution in [0.15, 0.2) is 57.9 Å². The number of hydrogen-bond donors (Lipinski definition) is 1. The van der Waals surface area contributed by atoms with Crippen LogP contribution in [0.5, 0.6) is 5.75 Å². The van der Waals surface area contributed by atoms with Crippen LogP contribution in [0.1, 0.15) is 25.7 Å². The largest absolute Gasteiger partial charge is 0.484 e. The standard InChI is InChI=1S/C20H23BrN2O4S/c21-18-7-3-4-8-19(18)22-20(24)15-27-16-9-11-17(12-10-16)28(25,26)23-13-5-1-2-6-14-23/h3-4,7-12H,1-2,5-6,13-15H2,(H,22,24). The molecule has 150 valence electrons. The minimum atomic E-state index is -3.49. The van der Waals surface area contributed by atoms with Gasteiger partial charge in [0.25, 0.3) is 5.91 Å². The highest BCUT2D eigenvalue weighted by molar-refractivity contribution is 9.10. The van der Waals surface area contributed by atoms with Crippen molar-refractivity contribution in [3.05, 3.63) is 53.0 Å². The van der Waals surface area contributed by atoms with Gasteiger partial charge < -0.3 is 10.1 Å². The maximum absolute atomic E-state index is 12.8. The second-order valence-corrected chi connectivity index (χ2v) is 9.40. The Labute approximate surface area is 174 Å². The van der Waals surface area contributed by atoms with Gasteiger partial charge >= 0.3 is 0 Å². The molecule has 2 aromatic rings. The molecule has 0 aromatic heterocycles. The van der Waals surface area contributed by atoms with E-state index in [4.69, 9.17) is 4.74 Å². The summed E-state index contributed by atoms with van der Waals surface area (Å²) in [5.74, 6) is 0.144. The van der Waals surface area contributed by atoms with Gasteiger partial charge in [0.1, 0.15) is 5.75 Å². The molecule has 1 N–H and O–H groups in total. The number of para-hydroxylation sites is 1. The lowest BCUT2D eigenvalue weighted by atomic mass is 10.2. The third-order valence-electron chi connectivity index (χ3n) is 4.54. The quantitative estimate of drug-likeness (QED) is 0.696. The van der Waals surface area contributed by atoms with Gasteiger partial charge in [-0.2, -0.15) is 4.31 Å². The van der Waals surface area contributed by atoms with Crippen molar-refractivity contribution in [3.8, 4) is 5.75 Å². The van der Waals surface area contributed by atoms with Crippen molar-refractivity contribution < 1.29 is 17.9 Å². The summed E-state index contributed by atoms with van der Waals surface area (Å²) in [6.07, 6.45) is 3.93. The first-order valence-corrected chi connectivity index (χ1v) is 11.5. The molecule has 3 rings (SSSR count). The van der Waals surface area contributed by atoms with Gasteiger partial charge in [-0.15, -0.1) is 0 Å². The molecule has 28 heavy (non-hydrogen) atoms. The molecule has 1 aliphatic heterocycles. The maximum atomic E-state index is 12.8. The first-order chi connectivity index (χ1) is 13.5. The lowest BCUT2D eigenvalue weighted by Crippen LogP contribution is -2.31. The van der Waals surface area contributed by atoms with Crippen LogP contribution in [-0.2, 0) is 14.8 Å². The molecule has 0 radical (unpaired) electrons. The molecule has 0 atom stereocenters. The van der Waals surface area contributed by atoms with Crippen molar-refractivity contribution >= 4 is 37.5 Å². The first-order valence-electron chi connectivity index (χ1n) is 9.24. The highest BCUT2D eigenvalue weighted by Gasteiger charge is 2.25. The van der Waals surface area contributed by atoms with Crippen LogP contribution in [0.2, 0.25) is 0 Å². The molecule has 2 aromatic carbocycles. The second kappa shape index (κ2) is 9.54. The van der Waals surface area contributed by atoms with Crippen LogP contribution in [0.3, 0.4) is 0 Å². The van der Waals surface area contributed by atoms with Crippen molar-refractivity contribution in [3.63, 3.8) is 0 Å². The van der Waals surface area contributed by atoms with Gasteiger partial charge in [-0.25, -0.2) is 8.42 Å². The zero-order valence-corrected chi connectivity index (χ0v) is 17.8. The summed E-state index contributed by atoms with van der Waals surface area (Å²) >= 11 is 3.37. The van der Waals surface area contributed by atoms with E-state index >= 15 is 0 Å². The Morgan fingerprint density at radius 2 is 1.64 bits per heavy atom. The van der Waals surface area contributed by atoms with E-state index in [1.165, 1.54) is 12.1 Å². The van der Waals surface area contributed by atoms with Gasteiger partial charge in [0.15, 0.2) is 6.61 Å². The van der Waals surface area contributed by atoms with Crippen LogP contribution < -0.4 is 10.1 Å². The van der Waals surface area contributed by atoms with Gasteiger partial charge in [0.2, 0.25) is 10.0 Å². The summed E-state index contributed by atoms with van der Waals surface area (Å²) in [5.41, 5.74) is 0.662. The Balaban J connectivity index is 1.58. The molecule has 0 saturated carbocycles. The number of amides is 1. The molecule has 1 aliphatic rings. The smallest absolute Gasteiger partial charge is 0.262 e. The molecule has 0 unspecified atom stereocenters. The number of nitrogens with zero attached hydrogens (tertiary/aromatic N) is 1. The van der Waals surface area contributed by atoms with E-state index in [0.717, 1.165) is 30.2 Å². The number of anilines is 1. The van der Waals surface area contributed by atoms with Crippen molar-refractivity contribution in [2.75, 3.05) is 25.0 Å². The lowest BCUT2D eigenvalue weighted by Gasteiger charge is -2.20. The number of carbonyl (C=O) groups excluding carboxylic acids is 1. The van der Waals surface area contributed by atoms with Crippen LogP contribution in [0.25, 0.3) is 0 Å². The zero-order chi connectivity index (χ0) is 20.0. The number of carbonyl (C=O) groups is 1. The van der Waals surface area contributed by atoms with Crippen LogP contribution >= 0.6 is 15.9 Å². The third-order valence-corrected chi connectivity index (χ3v) is 7.15. The predicted octanol–water partition coefficient (Wildman–Crippen LogP) is 4.03. The molecular formula is C20H23BrN2O4S. The summed E-state index contributed by atoms with van der Waals surface area (Å²) < 4.78 is 33.4. The zero-order valence-electron chi connectivity index (χ0n) is 15.4. The molecule has 1 amide bonds. The van der Waals surface area contributed by atoms with Crippen molar-refractivity contribution in [1.29, 1.82) is 0 Å². The molecule has 0 aliphatic carbocycles. The first kappa shape index (κ1) is 20.8. The molecular weight excluding hydrogens is 444 g/mol. The molecule has 1 heterocycles. The van der Waals surface area contributed by atoms with Gasteiger partial charge in [-0.3, -0.25) is 4.79 Å². The summed E-state index contributed by atoms with van der Waals surface area (Å²) in [6, 6.07) is 13.5. The fraction of sp³-hybridized carbons (Fsp3) is 0.350. The Morgan fingerprint density at radius 3 is 2.29 bits per heavy atom. The lowest BCUT2D eigenvalue weighted by molar-refractivity contribution is -0.118. The summed E-state index contributed by atoms with van der Waals surface area (Å²) in [4.78, 5) is 12.3. The molecule has 1 fully saturated rings. The SMILES string of the molecule is O=C(COc1ccc(S(=O)(=O)N2CCCCCC2)cc1)Nc1ccccc1Br. The number of hydrogen-bond acceptors (Lipinski definition) is 4. The summed E-state index contributed by atoms with van der Waals surface area (Å²) in [7, 11) is -3.49. The number of nitrogens with one attached hydrogen (secondary N) is 1. The average molecular weight is 467 g/mol. The van der Waals surface area contributed by atoms with Crippen molar-refractivity contribution in [1.82, 2.24) is 4.31 Å². The number of rotatable bonds is 6. The van der Waals surface area contributed by atoms with E-state index in [-0.39, 0.29) is 17.4 Å². The van der Waals surface area contributed by atoms with E-state index < -0.39 is 10.0 Å². The summed E-state index contributed by atoms with van der Waals surface area (Å²) in [6.45, 7) is 0.963. The van der Waals surface area contributed by atoms with Crippen LogP contribution in [0, 0.1) is 0 Å². The highest BCUT2D eigenvalue weighted by Crippen LogP contribution is 2.23. The minimum absolute atomic E-state index is 0.167. The monoisotopic (exact) mass is 466 g/mol. The number of ether oxygens (including phenoxy) is 1. The number of sulfonamides is 1. The van der Waals surface area contributed by atoms with Gasteiger partial charge in [0, 0.05) is 17.6 Å². The average Bonchev–Trinajstić information content (AvgIpc) is 2.99. The fourth-order valence-corrected chi connectivity index (χ4v) is 4.94. The minimum Gasteiger partial charge on any atom is -0.484 e. The number of halogens is 1. The maximum Gasteiger partial charge on any atom is 0.262 e. The van der Waals surface area contributed by atoms with Gasteiger partial charge in [0.05, 0.1) is 10.6 Å². The highest BCUT2D eigenvalue weighted by atomic mass is 79.9. The molecule has 0 spiro atoms. The Kier molecular flexibility index (Phi) is 7.09. The molecule has 8 heteroatoms. The van der Waals surface area contributed by atoms with E-state index in [0.29, 0.717) is 24.5 Å². The van der Waals surface area contributed by atoms with Crippen LogP contribution in [-0.4, -0.2) is 38.3 Å². The fourth-order valence-electron chi connectivity index (χ4n) is 3.04. The van der Waals surface area contributed by atoms with Crippen molar-refractivity contribution in [2.45, 2.75) is 30.6 Å². The van der Waals surface area contributed by atoms with E-state index in [1.54, 1.807) is 22.5 Å². The van der Waals surface area contributed by atoms with E-state index in [1.807, 2.05) is 18.2 Å². The molecule has 1 saturated heterocycles. The third kappa shape index (κ3) is 5.33. The summed E-state index contributed by atoms with van der Waals surface area (Å²) in [5, 5.41) is 2.75. The van der Waals surface area contributed by atoms with Gasteiger partial charge in [-0.1, -0.05) is 25.0 Å². The molecule has 6 nitrogen and oxygen atoms in total.